The number of nitrogens with one attached hydrogen (secondary N) is 1. The van der Waals surface area contributed by atoms with Gasteiger partial charge in [0.05, 0.1) is 22.4 Å². The average Bonchev–Trinajstić information content (AvgIpc) is 2.81. The Hall–Kier alpha value is -3.95. The van der Waals surface area contributed by atoms with Gasteiger partial charge in [0.1, 0.15) is 5.82 Å². The number of benzene rings is 3. The molecule has 0 fully saturated rings. The van der Waals surface area contributed by atoms with Gasteiger partial charge in [-0.15, -0.1) is 0 Å². The van der Waals surface area contributed by atoms with Crippen molar-refractivity contribution in [3.05, 3.63) is 94.9 Å². The second-order valence-electron chi connectivity index (χ2n) is 7.80. The molecule has 0 spiro atoms. The van der Waals surface area contributed by atoms with E-state index in [2.05, 4.69) is 15.3 Å². The highest BCUT2D eigenvalue weighted by atomic mass is 19.4. The van der Waals surface area contributed by atoms with Gasteiger partial charge >= 0.3 is 12.4 Å². The van der Waals surface area contributed by atoms with Gasteiger partial charge in [0.2, 0.25) is 0 Å². The molecule has 0 aliphatic heterocycles. The van der Waals surface area contributed by atoms with E-state index < -0.39 is 35.9 Å². The van der Waals surface area contributed by atoms with Gasteiger partial charge in [0, 0.05) is 18.3 Å². The summed E-state index contributed by atoms with van der Waals surface area (Å²) in [5.41, 5.74) is -2.28. The van der Waals surface area contributed by atoms with Gasteiger partial charge in [-0.05, 0) is 41.5 Å². The smallest absolute Gasteiger partial charge is 0.348 e. The number of carbonyl (C=O) groups excluding carboxylic acids is 1. The number of aryl methyl sites for hydroxylation is 1. The number of hydrogen-bond acceptors (Lipinski definition) is 3. The first-order valence-corrected chi connectivity index (χ1v) is 10.3. The van der Waals surface area contributed by atoms with Crippen LogP contribution < -0.4 is 5.32 Å². The van der Waals surface area contributed by atoms with Crippen LogP contribution in [0.2, 0.25) is 0 Å². The van der Waals surface area contributed by atoms with Crippen molar-refractivity contribution in [2.45, 2.75) is 25.8 Å². The van der Waals surface area contributed by atoms with Gasteiger partial charge in [0.25, 0.3) is 5.91 Å². The molecule has 1 heterocycles. The highest BCUT2D eigenvalue weighted by Crippen LogP contribution is 2.36. The second kappa shape index (κ2) is 9.01. The van der Waals surface area contributed by atoms with Crippen LogP contribution in [0.4, 0.5) is 26.3 Å². The molecule has 10 heteroatoms. The van der Waals surface area contributed by atoms with Gasteiger partial charge in [-0.2, -0.15) is 26.3 Å². The zero-order chi connectivity index (χ0) is 25.4. The summed E-state index contributed by atoms with van der Waals surface area (Å²) in [6.45, 7) is 1.08. The van der Waals surface area contributed by atoms with E-state index >= 15 is 0 Å². The summed E-state index contributed by atoms with van der Waals surface area (Å²) < 4.78 is 78.8. The van der Waals surface area contributed by atoms with E-state index in [4.69, 9.17) is 0 Å². The third kappa shape index (κ3) is 5.26. The average molecular weight is 489 g/mol. The number of nitrogens with zero attached hydrogens (tertiary/aromatic N) is 2. The van der Waals surface area contributed by atoms with Crippen LogP contribution in [-0.4, -0.2) is 15.9 Å². The first-order chi connectivity index (χ1) is 16.4. The molecule has 180 valence electrons. The van der Waals surface area contributed by atoms with Crippen molar-refractivity contribution in [1.82, 2.24) is 15.3 Å². The van der Waals surface area contributed by atoms with E-state index in [-0.39, 0.29) is 17.2 Å². The summed E-state index contributed by atoms with van der Waals surface area (Å²) in [4.78, 5) is 21.4. The fourth-order valence-corrected chi connectivity index (χ4v) is 3.67. The maximum absolute atomic E-state index is 13.1. The van der Waals surface area contributed by atoms with Crippen molar-refractivity contribution in [2.75, 3.05) is 0 Å². The first-order valence-electron chi connectivity index (χ1n) is 10.3. The number of fused-ring (bicyclic) bond motifs is 1. The number of aromatic nitrogens is 2. The van der Waals surface area contributed by atoms with Crippen LogP contribution >= 0.6 is 0 Å². The quantitative estimate of drug-likeness (QED) is 0.330. The van der Waals surface area contributed by atoms with Crippen molar-refractivity contribution < 1.29 is 31.1 Å². The van der Waals surface area contributed by atoms with Crippen LogP contribution in [0.15, 0.2) is 66.9 Å². The maximum Gasteiger partial charge on any atom is 0.416 e. The fraction of sp³-hybridized carbons (Fsp3) is 0.160. The molecule has 35 heavy (non-hydrogen) atoms. The second-order valence-corrected chi connectivity index (χ2v) is 7.80. The highest BCUT2D eigenvalue weighted by Gasteiger charge is 2.36. The predicted molar refractivity (Wildman–Crippen MR) is 117 cm³/mol. The Balaban J connectivity index is 1.69. The molecule has 0 unspecified atom stereocenters. The molecule has 4 aromatic rings. The summed E-state index contributed by atoms with van der Waals surface area (Å²) in [6.07, 6.45) is -8.68. The third-order valence-electron chi connectivity index (χ3n) is 5.30. The van der Waals surface area contributed by atoms with Gasteiger partial charge in [-0.25, -0.2) is 9.97 Å². The molecule has 0 saturated carbocycles. The molecule has 0 aliphatic rings. The standard InChI is InChI=1S/C25H17F6N3O/c1-14-32-13-21(22(34-14)20-8-4-6-16-5-2-3-7-19(16)20)23(35)33-12-15-9-17(24(26,27)28)11-18(10-15)25(29,30)31/h2-11,13H,12H2,1H3,(H,33,35). The van der Waals surface area contributed by atoms with E-state index in [1.165, 1.54) is 6.20 Å². The Morgan fingerprint density at radius 1 is 0.886 bits per heavy atom. The van der Waals surface area contributed by atoms with Crippen LogP contribution in [0.3, 0.4) is 0 Å². The molecule has 0 saturated heterocycles. The molecule has 3 aromatic carbocycles. The third-order valence-corrected chi connectivity index (χ3v) is 5.30. The lowest BCUT2D eigenvalue weighted by molar-refractivity contribution is -0.143. The van der Waals surface area contributed by atoms with Crippen LogP contribution in [0, 0.1) is 6.92 Å². The minimum atomic E-state index is -4.98. The molecule has 4 nitrogen and oxygen atoms in total. The van der Waals surface area contributed by atoms with E-state index in [0.29, 0.717) is 29.2 Å². The number of hydrogen-bond donors (Lipinski definition) is 1. The van der Waals surface area contributed by atoms with E-state index in [9.17, 15) is 31.1 Å². The van der Waals surface area contributed by atoms with Crippen molar-refractivity contribution in [3.63, 3.8) is 0 Å². The number of amides is 1. The van der Waals surface area contributed by atoms with Crippen LogP contribution in [0.1, 0.15) is 32.9 Å². The van der Waals surface area contributed by atoms with Gasteiger partial charge in [-0.3, -0.25) is 4.79 Å². The minimum absolute atomic E-state index is 0.0370. The summed E-state index contributed by atoms with van der Waals surface area (Å²) >= 11 is 0. The maximum atomic E-state index is 13.1. The largest absolute Gasteiger partial charge is 0.416 e. The summed E-state index contributed by atoms with van der Waals surface area (Å²) in [6, 6.07) is 14.1. The lowest BCUT2D eigenvalue weighted by Crippen LogP contribution is -2.25. The molecule has 4 rings (SSSR count). The number of carbonyl (C=O) groups is 1. The molecule has 1 amide bonds. The Labute approximate surface area is 195 Å². The fourth-order valence-electron chi connectivity index (χ4n) is 3.67. The van der Waals surface area contributed by atoms with Gasteiger partial charge in [-0.1, -0.05) is 42.5 Å². The normalized spacial score (nSPS) is 12.1. The van der Waals surface area contributed by atoms with Gasteiger partial charge in [0.15, 0.2) is 0 Å². The number of alkyl halides is 6. The summed E-state index contributed by atoms with van der Waals surface area (Å²) in [7, 11) is 0. The Morgan fingerprint density at radius 3 is 2.17 bits per heavy atom. The lowest BCUT2D eigenvalue weighted by atomic mass is 9.99. The van der Waals surface area contributed by atoms with Crippen LogP contribution in [-0.2, 0) is 18.9 Å². The first kappa shape index (κ1) is 24.2. The van der Waals surface area contributed by atoms with Crippen LogP contribution in [0.25, 0.3) is 22.0 Å². The molecular formula is C25H17F6N3O. The molecular weight excluding hydrogens is 472 g/mol. The van der Waals surface area contributed by atoms with E-state index in [0.717, 1.165) is 10.8 Å². The number of rotatable bonds is 4. The molecule has 1 N–H and O–H groups in total. The lowest BCUT2D eigenvalue weighted by Gasteiger charge is -2.15. The van der Waals surface area contributed by atoms with Crippen LogP contribution in [0.5, 0.6) is 0 Å². The summed E-state index contributed by atoms with van der Waals surface area (Å²) in [5.74, 6) is -0.351. The van der Waals surface area contributed by atoms with Crippen molar-refractivity contribution in [3.8, 4) is 11.3 Å². The SMILES string of the molecule is Cc1ncc(C(=O)NCc2cc(C(F)(F)F)cc(C(F)(F)F)c2)c(-c2cccc3ccccc23)n1. The van der Waals surface area contributed by atoms with Gasteiger partial charge < -0.3 is 5.32 Å². The molecule has 0 atom stereocenters. The molecule has 0 aliphatic carbocycles. The van der Waals surface area contributed by atoms with Crippen molar-refractivity contribution in [2.24, 2.45) is 0 Å². The molecule has 0 bridgehead atoms. The predicted octanol–water partition coefficient (Wildman–Crippen LogP) is 6.57. The van der Waals surface area contributed by atoms with Crippen molar-refractivity contribution in [1.29, 1.82) is 0 Å². The Kier molecular flexibility index (Phi) is 6.23. The monoisotopic (exact) mass is 489 g/mol. The topological polar surface area (TPSA) is 54.9 Å². The minimum Gasteiger partial charge on any atom is -0.348 e. The Bertz CT molecular complexity index is 1380. The zero-order valence-electron chi connectivity index (χ0n) is 18.1. The van der Waals surface area contributed by atoms with E-state index in [1.54, 1.807) is 19.1 Å². The highest BCUT2D eigenvalue weighted by molar-refractivity contribution is 6.04. The number of halogens is 6. The zero-order valence-corrected chi connectivity index (χ0v) is 18.1. The molecule has 0 radical (unpaired) electrons. The Morgan fingerprint density at radius 2 is 1.51 bits per heavy atom. The van der Waals surface area contributed by atoms with E-state index in [1.807, 2.05) is 30.3 Å². The molecule has 1 aromatic heterocycles. The van der Waals surface area contributed by atoms with Crippen molar-refractivity contribution >= 4 is 16.7 Å². The summed E-state index contributed by atoms with van der Waals surface area (Å²) in [5, 5.41) is 4.11.